The standard InChI is InChI=1S/C19H25N5O/c1-15-21-22-23-24(15)18(14-16-10-6-5-7-11-16)19(25)20-17-12-8-3-2-4-9-13-17/h5-7,10-11,14,17H,2-4,8-9,12-13H2,1H3,(H,20,25)/b18-14-. The van der Waals surface area contributed by atoms with E-state index in [0.29, 0.717) is 11.5 Å². The van der Waals surface area contributed by atoms with E-state index >= 15 is 0 Å². The maximum absolute atomic E-state index is 13.0. The average molecular weight is 339 g/mol. The van der Waals surface area contributed by atoms with Crippen molar-refractivity contribution in [2.24, 2.45) is 0 Å². The van der Waals surface area contributed by atoms with Crippen LogP contribution in [-0.2, 0) is 4.79 Å². The Bertz CT molecular complexity index is 714. The fraction of sp³-hybridized carbons (Fsp3) is 0.474. The van der Waals surface area contributed by atoms with Crippen LogP contribution in [0.2, 0.25) is 0 Å². The van der Waals surface area contributed by atoms with E-state index in [9.17, 15) is 4.79 Å². The van der Waals surface area contributed by atoms with Crippen molar-refractivity contribution in [3.05, 3.63) is 41.7 Å². The third kappa shape index (κ3) is 4.75. The van der Waals surface area contributed by atoms with Crippen LogP contribution in [0.15, 0.2) is 30.3 Å². The van der Waals surface area contributed by atoms with Crippen LogP contribution >= 0.6 is 0 Å². The number of hydrogen-bond acceptors (Lipinski definition) is 4. The van der Waals surface area contributed by atoms with E-state index in [-0.39, 0.29) is 11.9 Å². The smallest absolute Gasteiger partial charge is 0.270 e. The minimum Gasteiger partial charge on any atom is -0.348 e. The number of amides is 1. The summed E-state index contributed by atoms with van der Waals surface area (Å²) in [5, 5.41) is 14.8. The first-order chi connectivity index (χ1) is 12.2. The molecule has 25 heavy (non-hydrogen) atoms. The van der Waals surface area contributed by atoms with Crippen LogP contribution < -0.4 is 5.32 Å². The minimum atomic E-state index is -0.121. The van der Waals surface area contributed by atoms with Gasteiger partial charge in [-0.2, -0.15) is 4.68 Å². The van der Waals surface area contributed by atoms with Crippen LogP contribution in [0.3, 0.4) is 0 Å². The van der Waals surface area contributed by atoms with E-state index in [1.165, 1.54) is 36.8 Å². The number of aryl methyl sites for hydroxylation is 1. The van der Waals surface area contributed by atoms with Gasteiger partial charge in [-0.05, 0) is 41.8 Å². The molecule has 0 spiro atoms. The van der Waals surface area contributed by atoms with Crippen LogP contribution in [0.1, 0.15) is 56.3 Å². The van der Waals surface area contributed by atoms with Crippen LogP contribution in [0.5, 0.6) is 0 Å². The van der Waals surface area contributed by atoms with Gasteiger partial charge in [0.05, 0.1) is 0 Å². The van der Waals surface area contributed by atoms with Gasteiger partial charge in [0.2, 0.25) is 0 Å². The van der Waals surface area contributed by atoms with Crippen molar-refractivity contribution in [1.29, 1.82) is 0 Å². The van der Waals surface area contributed by atoms with E-state index in [1.54, 1.807) is 6.92 Å². The Morgan fingerprint density at radius 2 is 1.80 bits per heavy atom. The first-order valence-electron chi connectivity index (χ1n) is 9.07. The molecule has 0 atom stereocenters. The van der Waals surface area contributed by atoms with Gasteiger partial charge in [-0.3, -0.25) is 4.79 Å². The molecule has 0 radical (unpaired) electrons. The molecule has 1 aromatic heterocycles. The number of benzene rings is 1. The fourth-order valence-corrected chi connectivity index (χ4v) is 3.24. The summed E-state index contributed by atoms with van der Waals surface area (Å²) in [6.07, 6.45) is 10.1. The quantitative estimate of drug-likeness (QED) is 0.868. The Hall–Kier alpha value is -2.50. The number of rotatable bonds is 4. The van der Waals surface area contributed by atoms with Gasteiger partial charge in [0.1, 0.15) is 5.70 Å². The molecule has 1 saturated carbocycles. The van der Waals surface area contributed by atoms with Crippen molar-refractivity contribution in [2.45, 2.75) is 57.9 Å². The zero-order valence-corrected chi connectivity index (χ0v) is 14.7. The molecule has 6 heteroatoms. The Morgan fingerprint density at radius 3 is 2.44 bits per heavy atom. The van der Waals surface area contributed by atoms with Crippen LogP contribution in [-0.4, -0.2) is 32.2 Å². The van der Waals surface area contributed by atoms with Crippen LogP contribution in [0, 0.1) is 6.92 Å². The van der Waals surface area contributed by atoms with Gasteiger partial charge in [-0.15, -0.1) is 5.10 Å². The number of nitrogens with one attached hydrogen (secondary N) is 1. The van der Waals surface area contributed by atoms with Crippen molar-refractivity contribution in [2.75, 3.05) is 0 Å². The lowest BCUT2D eigenvalue weighted by atomic mass is 9.96. The maximum atomic E-state index is 13.0. The summed E-state index contributed by atoms with van der Waals surface area (Å²) in [5.74, 6) is 0.472. The molecule has 0 aliphatic heterocycles. The zero-order chi connectivity index (χ0) is 17.5. The second-order valence-corrected chi connectivity index (χ2v) is 6.59. The second-order valence-electron chi connectivity index (χ2n) is 6.59. The number of nitrogens with zero attached hydrogens (tertiary/aromatic N) is 4. The first-order valence-corrected chi connectivity index (χ1v) is 9.07. The van der Waals surface area contributed by atoms with E-state index < -0.39 is 0 Å². The summed E-state index contributed by atoms with van der Waals surface area (Å²) in [5.41, 5.74) is 1.40. The van der Waals surface area contributed by atoms with E-state index in [1.807, 2.05) is 36.4 Å². The maximum Gasteiger partial charge on any atom is 0.270 e. The van der Waals surface area contributed by atoms with Crippen molar-refractivity contribution in [3.8, 4) is 0 Å². The highest BCUT2D eigenvalue weighted by Crippen LogP contribution is 2.19. The minimum absolute atomic E-state index is 0.121. The topological polar surface area (TPSA) is 72.7 Å². The third-order valence-corrected chi connectivity index (χ3v) is 4.63. The number of carbonyl (C=O) groups excluding carboxylic acids is 1. The Kier molecular flexibility index (Phi) is 5.93. The molecule has 2 aromatic rings. The van der Waals surface area contributed by atoms with Gasteiger partial charge in [0.15, 0.2) is 5.82 Å². The second kappa shape index (κ2) is 8.55. The molecular weight excluding hydrogens is 314 g/mol. The Balaban J connectivity index is 1.82. The molecule has 1 N–H and O–H groups in total. The summed E-state index contributed by atoms with van der Waals surface area (Å²) < 4.78 is 1.51. The van der Waals surface area contributed by atoms with E-state index in [2.05, 4.69) is 20.8 Å². The molecule has 1 fully saturated rings. The molecule has 1 aliphatic carbocycles. The van der Waals surface area contributed by atoms with Crippen molar-refractivity contribution < 1.29 is 4.79 Å². The van der Waals surface area contributed by atoms with Crippen LogP contribution in [0.4, 0.5) is 0 Å². The summed E-state index contributed by atoms with van der Waals surface area (Å²) in [6, 6.07) is 9.99. The molecule has 6 nitrogen and oxygen atoms in total. The lowest BCUT2D eigenvalue weighted by molar-refractivity contribution is -0.116. The Morgan fingerprint density at radius 1 is 1.12 bits per heavy atom. The molecule has 1 aliphatic rings. The molecule has 1 aromatic carbocycles. The molecule has 3 rings (SSSR count). The van der Waals surface area contributed by atoms with Gasteiger partial charge in [0, 0.05) is 6.04 Å². The third-order valence-electron chi connectivity index (χ3n) is 4.63. The van der Waals surface area contributed by atoms with E-state index in [4.69, 9.17) is 0 Å². The number of carbonyl (C=O) groups is 1. The van der Waals surface area contributed by atoms with Crippen molar-refractivity contribution in [1.82, 2.24) is 25.5 Å². The molecule has 0 bridgehead atoms. The lowest BCUT2D eigenvalue weighted by Gasteiger charge is -2.21. The normalized spacial score (nSPS) is 16.9. The monoisotopic (exact) mass is 339 g/mol. The SMILES string of the molecule is Cc1nnnn1/C(=C\c1ccccc1)C(=O)NC1CCCCCCC1. The predicted octanol–water partition coefficient (Wildman–Crippen LogP) is 3.21. The van der Waals surface area contributed by atoms with Gasteiger partial charge >= 0.3 is 0 Å². The molecular formula is C19H25N5O. The van der Waals surface area contributed by atoms with Crippen molar-refractivity contribution >= 4 is 17.7 Å². The van der Waals surface area contributed by atoms with Gasteiger partial charge < -0.3 is 5.32 Å². The van der Waals surface area contributed by atoms with Gasteiger partial charge in [-0.1, -0.05) is 62.4 Å². The van der Waals surface area contributed by atoms with Crippen molar-refractivity contribution in [3.63, 3.8) is 0 Å². The highest BCUT2D eigenvalue weighted by molar-refractivity contribution is 6.18. The Labute approximate surface area is 148 Å². The lowest BCUT2D eigenvalue weighted by Crippen LogP contribution is -2.37. The summed E-state index contributed by atoms with van der Waals surface area (Å²) in [6.45, 7) is 1.79. The summed E-state index contributed by atoms with van der Waals surface area (Å²) >= 11 is 0. The summed E-state index contributed by atoms with van der Waals surface area (Å²) in [7, 11) is 0. The van der Waals surface area contributed by atoms with Gasteiger partial charge in [0.25, 0.3) is 5.91 Å². The molecule has 0 saturated heterocycles. The fourth-order valence-electron chi connectivity index (χ4n) is 3.24. The first kappa shape index (κ1) is 17.3. The zero-order valence-electron chi connectivity index (χ0n) is 14.7. The molecule has 0 unspecified atom stereocenters. The largest absolute Gasteiger partial charge is 0.348 e. The number of hydrogen-bond donors (Lipinski definition) is 1. The molecule has 1 heterocycles. The van der Waals surface area contributed by atoms with E-state index in [0.717, 1.165) is 18.4 Å². The molecule has 1 amide bonds. The number of tetrazole rings is 1. The highest BCUT2D eigenvalue weighted by atomic mass is 16.2. The average Bonchev–Trinajstić information content (AvgIpc) is 3.01. The predicted molar refractivity (Wildman–Crippen MR) is 97.4 cm³/mol. The number of aromatic nitrogens is 4. The molecule has 132 valence electrons. The van der Waals surface area contributed by atoms with Crippen LogP contribution in [0.25, 0.3) is 11.8 Å². The highest BCUT2D eigenvalue weighted by Gasteiger charge is 2.20. The summed E-state index contributed by atoms with van der Waals surface area (Å²) in [4.78, 5) is 13.0. The van der Waals surface area contributed by atoms with Gasteiger partial charge in [-0.25, -0.2) is 0 Å².